The Morgan fingerprint density at radius 3 is 1.80 bits per heavy atom. The zero-order valence-electron chi connectivity index (χ0n) is 30.6. The molecule has 1 fully saturated rings. The average Bonchev–Trinajstić information content (AvgIpc) is 3.89. The number of hydrogen-bond acceptors (Lipinski definition) is 12. The van der Waals surface area contributed by atoms with Crippen molar-refractivity contribution >= 4 is 48.4 Å². The van der Waals surface area contributed by atoms with Crippen molar-refractivity contribution in [1.82, 2.24) is 24.5 Å². The topological polar surface area (TPSA) is 169 Å². The highest BCUT2D eigenvalue weighted by Gasteiger charge is 2.43. The van der Waals surface area contributed by atoms with E-state index < -0.39 is 46.8 Å². The lowest BCUT2D eigenvalue weighted by Crippen LogP contribution is -2.33. The highest BCUT2D eigenvalue weighted by molar-refractivity contribution is 14.1. The van der Waals surface area contributed by atoms with Gasteiger partial charge in [-0.15, -0.1) is 10.2 Å². The Labute approximate surface area is 333 Å². The predicted molar refractivity (Wildman–Crippen MR) is 211 cm³/mol. The van der Waals surface area contributed by atoms with Crippen LogP contribution in [0.4, 0.5) is 0 Å². The molecule has 0 saturated heterocycles. The highest BCUT2D eigenvalue weighted by Crippen LogP contribution is 2.42. The largest absolute Gasteiger partial charge is 0.497 e. The number of carbonyl (C=O) groups is 1. The first-order valence-electron chi connectivity index (χ1n) is 17.2. The Bertz CT molecular complexity index is 2310. The zero-order valence-corrected chi connectivity index (χ0v) is 34.4. The van der Waals surface area contributed by atoms with E-state index in [0.717, 1.165) is 5.56 Å². The fraction of sp³-hybridized carbons (Fsp3) is 0.316. The molecule has 1 aliphatic rings. The number of esters is 1. The number of carbonyl (C=O) groups excluding carboxylic acids is 1. The number of hydrogen-bond donors (Lipinski definition) is 0. The minimum Gasteiger partial charge on any atom is -0.497 e. The van der Waals surface area contributed by atoms with E-state index in [0.29, 0.717) is 31.9 Å². The third kappa shape index (κ3) is 8.79. The Kier molecular flexibility index (Phi) is 12.4. The van der Waals surface area contributed by atoms with Crippen molar-refractivity contribution in [2.75, 3.05) is 28.4 Å². The fourth-order valence-corrected chi connectivity index (χ4v) is 11.7. The molecule has 14 nitrogen and oxygen atoms in total. The summed E-state index contributed by atoms with van der Waals surface area (Å²) in [5.41, 5.74) is 2.10. The van der Waals surface area contributed by atoms with Crippen molar-refractivity contribution < 1.29 is 40.6 Å². The molecule has 1 aliphatic carbocycles. The molecule has 4 aromatic carbocycles. The number of nitrogens with zero attached hydrogens (tertiary/aromatic N) is 5. The summed E-state index contributed by atoms with van der Waals surface area (Å²) in [6.07, 6.45) is 0.437. The van der Waals surface area contributed by atoms with Gasteiger partial charge in [-0.1, -0.05) is 36.4 Å². The molecule has 6 rings (SSSR count). The van der Waals surface area contributed by atoms with Crippen LogP contribution in [0.25, 0.3) is 11.4 Å². The smallest absolute Gasteiger partial charge is 0.308 e. The van der Waals surface area contributed by atoms with Gasteiger partial charge in [0.25, 0.3) is 0 Å². The molecule has 1 aromatic heterocycles. The van der Waals surface area contributed by atoms with E-state index in [4.69, 9.17) is 18.9 Å². The quantitative estimate of drug-likeness (QED) is 0.0954. The lowest BCUT2D eigenvalue weighted by atomic mass is 10.1. The maximum absolute atomic E-state index is 15.4. The van der Waals surface area contributed by atoms with Gasteiger partial charge in [0.05, 0.1) is 56.6 Å². The molecule has 17 heteroatoms. The van der Waals surface area contributed by atoms with E-state index in [-0.39, 0.29) is 50.3 Å². The summed E-state index contributed by atoms with van der Waals surface area (Å²) in [4.78, 5) is 12.9. The number of halogens is 1. The molecule has 5 aromatic rings. The molecule has 0 bridgehead atoms. The normalized spacial score (nSPS) is 15.9. The number of ether oxygens (including phenoxy) is 4. The van der Waals surface area contributed by atoms with Crippen LogP contribution in [0.1, 0.15) is 36.0 Å². The second-order valence-corrected chi connectivity index (χ2v) is 18.1. The van der Waals surface area contributed by atoms with Crippen LogP contribution >= 0.6 is 22.6 Å². The first-order valence-corrected chi connectivity index (χ1v) is 21.3. The van der Waals surface area contributed by atoms with Gasteiger partial charge in [-0.25, -0.2) is 16.8 Å². The van der Waals surface area contributed by atoms with Crippen LogP contribution in [0.15, 0.2) is 94.7 Å². The minimum atomic E-state index is -4.70. The van der Waals surface area contributed by atoms with E-state index in [1.807, 2.05) is 34.7 Å². The molecule has 0 spiro atoms. The van der Waals surface area contributed by atoms with Gasteiger partial charge in [-0.3, -0.25) is 4.79 Å². The summed E-state index contributed by atoms with van der Waals surface area (Å²) in [7, 11) is -3.16. The minimum absolute atomic E-state index is 0.000340. The Balaban J connectivity index is 1.51. The monoisotopic (exact) mass is 901 g/mol. The number of sulfone groups is 1. The molecule has 1 saturated carbocycles. The lowest BCUT2D eigenvalue weighted by molar-refractivity contribution is -0.145. The van der Waals surface area contributed by atoms with Gasteiger partial charge in [0.2, 0.25) is 15.8 Å². The summed E-state index contributed by atoms with van der Waals surface area (Å²) in [5.74, 6) is 0.652. The van der Waals surface area contributed by atoms with Gasteiger partial charge in [-0.2, -0.15) is 9.10 Å². The summed E-state index contributed by atoms with van der Waals surface area (Å²) in [6, 6.07) is 24.0. The van der Waals surface area contributed by atoms with E-state index in [1.54, 1.807) is 67.8 Å². The van der Waals surface area contributed by atoms with Crippen LogP contribution < -0.4 is 14.2 Å². The van der Waals surface area contributed by atoms with Crippen LogP contribution in [0.3, 0.4) is 0 Å². The van der Waals surface area contributed by atoms with Crippen LogP contribution in [-0.4, -0.2) is 81.0 Å². The molecular weight excluding hydrogens is 861 g/mol. The Morgan fingerprint density at radius 1 is 0.764 bits per heavy atom. The SMILES string of the molecule is COC(=O)[C@H]1CC[C@@H](S(=O)(=O)c2ccc(I)c(-c3nnn(Cc4ccc(OC)cc4)n3)c2S(=O)(=O)N(Cc2ccc(OC)cc2)Cc2ccc(OC)cc2)C1. The number of methoxy groups -OCH3 is 4. The Hall–Kier alpha value is -4.59. The molecule has 2 atom stereocenters. The first-order chi connectivity index (χ1) is 26.4. The van der Waals surface area contributed by atoms with Crippen molar-refractivity contribution in [3.8, 4) is 28.6 Å². The van der Waals surface area contributed by atoms with Gasteiger partial charge in [0.1, 0.15) is 22.1 Å². The molecule has 0 N–H and O–H groups in total. The van der Waals surface area contributed by atoms with Crippen molar-refractivity contribution in [2.45, 2.75) is 53.9 Å². The summed E-state index contributed by atoms with van der Waals surface area (Å²) in [5, 5.41) is 12.0. The van der Waals surface area contributed by atoms with Crippen LogP contribution in [0.2, 0.25) is 0 Å². The van der Waals surface area contributed by atoms with E-state index in [2.05, 4.69) is 15.4 Å². The summed E-state index contributed by atoms with van der Waals surface area (Å²) in [6.45, 7) is -0.0337. The average molecular weight is 902 g/mol. The number of benzene rings is 4. The number of sulfonamides is 1. The fourth-order valence-electron chi connectivity index (χ4n) is 6.54. The number of tetrazole rings is 1. The third-order valence-corrected chi connectivity index (χ3v) is 14.7. The molecule has 0 amide bonds. The standard InChI is InChI=1S/C38H40IN5O9S2/c1-50-29-12-5-25(6-13-29)22-43(23-26-7-14-30(51-2)15-8-26)55(48,49)36-34(54(46,47)32-18-11-28(21-32)38(45)53-4)20-19-33(39)35(36)37-40-42-44(41-37)24-27-9-16-31(52-3)17-10-27/h5-10,12-17,19-20,28,32H,11,18,21-24H2,1-4H3/t28-,32+/m0/s1. The van der Waals surface area contributed by atoms with Gasteiger partial charge in [-0.05, 0) is 112 Å². The maximum Gasteiger partial charge on any atom is 0.308 e. The molecule has 0 aliphatic heterocycles. The molecule has 1 heterocycles. The highest BCUT2D eigenvalue weighted by atomic mass is 127. The predicted octanol–water partition coefficient (Wildman–Crippen LogP) is 5.53. The number of aromatic nitrogens is 4. The van der Waals surface area contributed by atoms with Crippen molar-refractivity contribution in [1.29, 1.82) is 0 Å². The zero-order chi connectivity index (χ0) is 39.3. The van der Waals surface area contributed by atoms with Crippen molar-refractivity contribution in [2.24, 2.45) is 5.92 Å². The van der Waals surface area contributed by atoms with Crippen molar-refractivity contribution in [3.63, 3.8) is 0 Å². The van der Waals surface area contributed by atoms with Crippen LogP contribution in [0.5, 0.6) is 17.2 Å². The summed E-state index contributed by atoms with van der Waals surface area (Å²) < 4.78 is 82.7. The van der Waals surface area contributed by atoms with Gasteiger partial charge in [0, 0.05) is 16.7 Å². The van der Waals surface area contributed by atoms with Gasteiger partial charge in [0.15, 0.2) is 9.84 Å². The lowest BCUT2D eigenvalue weighted by Gasteiger charge is -2.26. The molecule has 0 unspecified atom stereocenters. The third-order valence-electron chi connectivity index (χ3n) is 9.53. The molecular formula is C38H40IN5O9S2. The van der Waals surface area contributed by atoms with Crippen molar-refractivity contribution in [3.05, 3.63) is 105 Å². The van der Waals surface area contributed by atoms with Crippen LogP contribution in [-0.2, 0) is 49.0 Å². The summed E-state index contributed by atoms with van der Waals surface area (Å²) >= 11 is 1.97. The van der Waals surface area contributed by atoms with E-state index in [9.17, 15) is 13.2 Å². The van der Waals surface area contributed by atoms with Crippen LogP contribution in [0, 0.1) is 9.49 Å². The van der Waals surface area contributed by atoms with Gasteiger partial charge < -0.3 is 18.9 Å². The molecule has 55 heavy (non-hydrogen) atoms. The molecule has 0 radical (unpaired) electrons. The maximum atomic E-state index is 15.4. The second-order valence-electron chi connectivity index (χ2n) is 12.9. The Morgan fingerprint density at radius 2 is 1.29 bits per heavy atom. The molecule has 290 valence electrons. The van der Waals surface area contributed by atoms with E-state index >= 15 is 8.42 Å². The number of rotatable bonds is 15. The first kappa shape index (κ1) is 40.1. The second kappa shape index (κ2) is 17.1. The van der Waals surface area contributed by atoms with Gasteiger partial charge >= 0.3 is 5.97 Å². The van der Waals surface area contributed by atoms with E-state index in [1.165, 1.54) is 42.6 Å².